The van der Waals surface area contributed by atoms with Crippen LogP contribution >= 0.6 is 11.3 Å². The van der Waals surface area contributed by atoms with Crippen molar-refractivity contribution in [3.8, 4) is 0 Å². The predicted octanol–water partition coefficient (Wildman–Crippen LogP) is 4.20. The molecule has 0 aliphatic carbocycles. The molecule has 3 aromatic rings. The van der Waals surface area contributed by atoms with E-state index >= 15 is 0 Å². The van der Waals surface area contributed by atoms with Crippen LogP contribution in [0.3, 0.4) is 0 Å². The molecule has 3 rings (SSSR count). The lowest BCUT2D eigenvalue weighted by molar-refractivity contribution is -0.117. The Hall–Kier alpha value is -3.59. The average Bonchev–Trinajstić information content (AvgIpc) is 3.21. The van der Waals surface area contributed by atoms with Gasteiger partial charge in [0.2, 0.25) is 11.8 Å². The predicted molar refractivity (Wildman–Crippen MR) is 127 cm³/mol. The standard InChI is InChI=1S/C24H25FN4O3S/c1-16(2)13-29(23(32)17-6-4-3-5-7-17)14-22(31)28-24-27-20(15-33-24)12-21(30)26-19-10-8-18(25)9-11-19/h3-11,15-16H,12-14H2,1-2H3,(H,26,30)(H,27,28,31). The first kappa shape index (κ1) is 24.1. The topological polar surface area (TPSA) is 91.4 Å². The van der Waals surface area contributed by atoms with Crippen LogP contribution in [0.15, 0.2) is 60.0 Å². The minimum Gasteiger partial charge on any atom is -0.329 e. The Morgan fingerprint density at radius 2 is 1.70 bits per heavy atom. The Bertz CT molecular complexity index is 1100. The van der Waals surface area contributed by atoms with Gasteiger partial charge in [0.05, 0.1) is 12.1 Å². The zero-order chi connectivity index (χ0) is 23.8. The Kier molecular flexibility index (Phi) is 8.26. The summed E-state index contributed by atoms with van der Waals surface area (Å²) in [6.45, 7) is 4.29. The highest BCUT2D eigenvalue weighted by atomic mass is 32.1. The molecular weight excluding hydrogens is 443 g/mol. The van der Waals surface area contributed by atoms with Gasteiger partial charge in [-0.3, -0.25) is 14.4 Å². The quantitative estimate of drug-likeness (QED) is 0.492. The third-order valence-corrected chi connectivity index (χ3v) is 5.30. The van der Waals surface area contributed by atoms with Crippen molar-refractivity contribution < 1.29 is 18.8 Å². The van der Waals surface area contributed by atoms with E-state index in [9.17, 15) is 18.8 Å². The Labute approximate surface area is 195 Å². The fraction of sp³-hybridized carbons (Fsp3) is 0.250. The van der Waals surface area contributed by atoms with Crippen molar-refractivity contribution >= 4 is 39.9 Å². The molecule has 1 heterocycles. The van der Waals surface area contributed by atoms with Crippen LogP contribution in [0.5, 0.6) is 0 Å². The van der Waals surface area contributed by atoms with E-state index in [1.807, 2.05) is 19.9 Å². The molecule has 1 aromatic heterocycles. The summed E-state index contributed by atoms with van der Waals surface area (Å²) in [4.78, 5) is 43.4. The van der Waals surface area contributed by atoms with Crippen LogP contribution in [0.1, 0.15) is 29.9 Å². The molecular formula is C24H25FN4O3S. The van der Waals surface area contributed by atoms with E-state index in [1.54, 1.807) is 29.6 Å². The maximum Gasteiger partial charge on any atom is 0.254 e. The molecule has 172 valence electrons. The molecule has 0 bridgehead atoms. The second-order valence-electron chi connectivity index (χ2n) is 7.87. The Balaban J connectivity index is 1.56. The van der Waals surface area contributed by atoms with Crippen molar-refractivity contribution in [3.05, 3.63) is 77.1 Å². The average molecular weight is 469 g/mol. The van der Waals surface area contributed by atoms with E-state index in [0.717, 1.165) is 0 Å². The summed E-state index contributed by atoms with van der Waals surface area (Å²) in [5.74, 6) is -1.07. The zero-order valence-electron chi connectivity index (χ0n) is 18.4. The molecule has 2 aromatic carbocycles. The molecule has 2 N–H and O–H groups in total. The van der Waals surface area contributed by atoms with Crippen LogP contribution in [0.4, 0.5) is 15.2 Å². The number of benzene rings is 2. The third-order valence-electron chi connectivity index (χ3n) is 4.50. The number of halogens is 1. The highest BCUT2D eigenvalue weighted by Crippen LogP contribution is 2.17. The lowest BCUT2D eigenvalue weighted by atomic mass is 10.1. The first-order chi connectivity index (χ1) is 15.8. The summed E-state index contributed by atoms with van der Waals surface area (Å²) in [6, 6.07) is 14.3. The number of carbonyl (C=O) groups is 3. The lowest BCUT2D eigenvalue weighted by Crippen LogP contribution is -2.40. The summed E-state index contributed by atoms with van der Waals surface area (Å²) in [5.41, 5.74) is 1.50. The minimum absolute atomic E-state index is 0.00964. The van der Waals surface area contributed by atoms with E-state index in [4.69, 9.17) is 0 Å². The molecule has 0 aliphatic heterocycles. The molecule has 0 saturated heterocycles. The number of amides is 3. The van der Waals surface area contributed by atoms with Crippen molar-refractivity contribution in [2.45, 2.75) is 20.3 Å². The fourth-order valence-corrected chi connectivity index (χ4v) is 3.83. The molecule has 33 heavy (non-hydrogen) atoms. The molecule has 0 aliphatic rings. The first-order valence-electron chi connectivity index (χ1n) is 10.4. The summed E-state index contributed by atoms with van der Waals surface area (Å²) in [5, 5.41) is 7.40. The summed E-state index contributed by atoms with van der Waals surface area (Å²) in [6.07, 6.45) is 0.00964. The van der Waals surface area contributed by atoms with Crippen LogP contribution in [0, 0.1) is 11.7 Å². The number of hydrogen-bond acceptors (Lipinski definition) is 5. The summed E-state index contributed by atoms with van der Waals surface area (Å²) < 4.78 is 13.0. The SMILES string of the molecule is CC(C)CN(CC(=O)Nc1nc(CC(=O)Nc2ccc(F)cc2)cs1)C(=O)c1ccccc1. The van der Waals surface area contributed by atoms with Gasteiger partial charge in [0.25, 0.3) is 5.91 Å². The molecule has 0 spiro atoms. The van der Waals surface area contributed by atoms with E-state index in [0.29, 0.717) is 28.6 Å². The highest BCUT2D eigenvalue weighted by molar-refractivity contribution is 7.13. The molecule has 3 amide bonds. The van der Waals surface area contributed by atoms with Crippen molar-refractivity contribution in [1.82, 2.24) is 9.88 Å². The van der Waals surface area contributed by atoms with Gasteiger partial charge in [-0.1, -0.05) is 32.0 Å². The maximum atomic E-state index is 13.0. The van der Waals surface area contributed by atoms with E-state index in [-0.39, 0.29) is 42.4 Å². The summed E-state index contributed by atoms with van der Waals surface area (Å²) in [7, 11) is 0. The smallest absolute Gasteiger partial charge is 0.254 e. The highest BCUT2D eigenvalue weighted by Gasteiger charge is 2.20. The normalized spacial score (nSPS) is 10.7. The van der Waals surface area contributed by atoms with Crippen LogP contribution < -0.4 is 10.6 Å². The van der Waals surface area contributed by atoms with E-state index in [2.05, 4.69) is 15.6 Å². The van der Waals surface area contributed by atoms with Gasteiger partial charge in [-0.05, 0) is 42.3 Å². The number of nitrogens with one attached hydrogen (secondary N) is 2. The van der Waals surface area contributed by atoms with Gasteiger partial charge in [-0.15, -0.1) is 11.3 Å². The third kappa shape index (κ3) is 7.50. The van der Waals surface area contributed by atoms with Crippen molar-refractivity contribution in [3.63, 3.8) is 0 Å². The molecule has 0 unspecified atom stereocenters. The summed E-state index contributed by atoms with van der Waals surface area (Å²) >= 11 is 1.20. The first-order valence-corrected chi connectivity index (χ1v) is 11.3. The van der Waals surface area contributed by atoms with Crippen molar-refractivity contribution in [2.75, 3.05) is 23.7 Å². The van der Waals surface area contributed by atoms with Crippen LogP contribution in [-0.4, -0.2) is 40.7 Å². The number of thiazole rings is 1. The fourth-order valence-electron chi connectivity index (χ4n) is 3.10. The van der Waals surface area contributed by atoms with Crippen molar-refractivity contribution in [2.24, 2.45) is 5.92 Å². The molecule has 0 fully saturated rings. The number of aromatic nitrogens is 1. The Morgan fingerprint density at radius 1 is 1.00 bits per heavy atom. The molecule has 0 atom stereocenters. The van der Waals surface area contributed by atoms with E-state index in [1.165, 1.54) is 40.5 Å². The van der Waals surface area contributed by atoms with Gasteiger partial charge >= 0.3 is 0 Å². The van der Waals surface area contributed by atoms with Gasteiger partial charge < -0.3 is 15.5 Å². The molecule has 9 heteroatoms. The van der Waals surface area contributed by atoms with Crippen molar-refractivity contribution in [1.29, 1.82) is 0 Å². The van der Waals surface area contributed by atoms with Gasteiger partial charge in [-0.2, -0.15) is 0 Å². The van der Waals surface area contributed by atoms with Gasteiger partial charge in [-0.25, -0.2) is 9.37 Å². The zero-order valence-corrected chi connectivity index (χ0v) is 19.2. The van der Waals surface area contributed by atoms with Crippen LogP contribution in [0.25, 0.3) is 0 Å². The molecule has 0 radical (unpaired) electrons. The second kappa shape index (κ2) is 11.3. The maximum absolute atomic E-state index is 13.0. The van der Waals surface area contributed by atoms with Crippen LogP contribution in [0.2, 0.25) is 0 Å². The van der Waals surface area contributed by atoms with Gasteiger partial charge in [0, 0.05) is 23.2 Å². The second-order valence-corrected chi connectivity index (χ2v) is 8.73. The minimum atomic E-state index is -0.384. The number of anilines is 2. The molecule has 0 saturated carbocycles. The number of hydrogen-bond donors (Lipinski definition) is 2. The number of carbonyl (C=O) groups excluding carboxylic acids is 3. The number of nitrogens with zero attached hydrogens (tertiary/aromatic N) is 2. The van der Waals surface area contributed by atoms with Crippen LogP contribution in [-0.2, 0) is 16.0 Å². The Morgan fingerprint density at radius 3 is 2.36 bits per heavy atom. The van der Waals surface area contributed by atoms with Gasteiger partial charge in [0.15, 0.2) is 5.13 Å². The van der Waals surface area contributed by atoms with Gasteiger partial charge in [0.1, 0.15) is 12.4 Å². The largest absolute Gasteiger partial charge is 0.329 e. The van der Waals surface area contributed by atoms with E-state index < -0.39 is 0 Å². The molecule has 7 nitrogen and oxygen atoms in total. The number of rotatable bonds is 9. The monoisotopic (exact) mass is 468 g/mol. The lowest BCUT2D eigenvalue weighted by Gasteiger charge is -2.24.